The number of benzene rings is 3. The largest absolute Gasteiger partial charge is 0.494 e. The van der Waals surface area contributed by atoms with Crippen LogP contribution in [0.1, 0.15) is 65.5 Å². The maximum absolute atomic E-state index is 15.6. The van der Waals surface area contributed by atoms with Crippen molar-refractivity contribution in [2.75, 3.05) is 13.2 Å². The summed E-state index contributed by atoms with van der Waals surface area (Å²) in [6, 6.07) is 12.1. The van der Waals surface area contributed by atoms with E-state index >= 15 is 4.39 Å². The van der Waals surface area contributed by atoms with Crippen molar-refractivity contribution >= 4 is 27.3 Å². The van der Waals surface area contributed by atoms with Gasteiger partial charge in [0.1, 0.15) is 22.8 Å². The van der Waals surface area contributed by atoms with Gasteiger partial charge in [0.2, 0.25) is 0 Å². The zero-order valence-corrected chi connectivity index (χ0v) is 25.1. The Morgan fingerprint density at radius 2 is 1.88 bits per heavy atom. The van der Waals surface area contributed by atoms with Crippen LogP contribution in [0.4, 0.5) is 4.39 Å². The van der Waals surface area contributed by atoms with Gasteiger partial charge in [-0.1, -0.05) is 17.3 Å². The van der Waals surface area contributed by atoms with E-state index in [1.54, 1.807) is 38.1 Å². The van der Waals surface area contributed by atoms with E-state index in [0.29, 0.717) is 46.7 Å². The zero-order chi connectivity index (χ0) is 30.3. The summed E-state index contributed by atoms with van der Waals surface area (Å²) in [7, 11) is -4.15. The van der Waals surface area contributed by atoms with Gasteiger partial charge in [-0.05, 0) is 91.8 Å². The predicted octanol–water partition coefficient (Wildman–Crippen LogP) is 5.08. The number of hydrogen-bond donors (Lipinski definition) is 0. The number of carbonyl (C=O) groups is 1. The van der Waals surface area contributed by atoms with Gasteiger partial charge in [0.05, 0.1) is 25.2 Å². The van der Waals surface area contributed by atoms with Crippen LogP contribution in [0.5, 0.6) is 11.5 Å². The molecule has 10 nitrogen and oxygen atoms in total. The van der Waals surface area contributed by atoms with Crippen molar-refractivity contribution in [1.82, 2.24) is 19.3 Å². The van der Waals surface area contributed by atoms with Crippen molar-refractivity contribution < 1.29 is 31.3 Å². The third-order valence-corrected chi connectivity index (χ3v) is 9.46. The molecule has 3 aromatic carbocycles. The van der Waals surface area contributed by atoms with Crippen LogP contribution in [0.25, 0.3) is 11.0 Å². The summed E-state index contributed by atoms with van der Waals surface area (Å²) in [5, 5.41) is 8.83. The molecule has 0 amide bonds. The molecule has 2 unspecified atom stereocenters. The van der Waals surface area contributed by atoms with E-state index in [2.05, 4.69) is 10.3 Å². The van der Waals surface area contributed by atoms with Crippen molar-refractivity contribution in [3.05, 3.63) is 81.7 Å². The number of carbonyl (C=O) groups excluding carboxylic acids is 1. The lowest BCUT2D eigenvalue weighted by atomic mass is 9.84. The molecule has 0 aliphatic carbocycles. The molecule has 43 heavy (non-hydrogen) atoms. The molecule has 226 valence electrons. The summed E-state index contributed by atoms with van der Waals surface area (Å²) in [6.45, 7) is 6.51. The number of fused-ring (bicyclic) bond motifs is 5. The van der Waals surface area contributed by atoms with Gasteiger partial charge in [-0.15, -0.1) is 5.10 Å². The normalized spacial score (nSPS) is 19.6. The summed E-state index contributed by atoms with van der Waals surface area (Å²) in [5.41, 5.74) is 5.15. The minimum Gasteiger partial charge on any atom is -0.494 e. The quantitative estimate of drug-likeness (QED) is 0.296. The van der Waals surface area contributed by atoms with Crippen LogP contribution in [-0.4, -0.2) is 46.9 Å². The number of nitrogens with zero attached hydrogens (tertiary/aromatic N) is 4. The van der Waals surface area contributed by atoms with Crippen LogP contribution in [0, 0.1) is 19.7 Å². The lowest BCUT2D eigenvalue weighted by molar-refractivity contribution is -0.143. The molecule has 3 aliphatic rings. The summed E-state index contributed by atoms with van der Waals surface area (Å²) in [4.78, 5) is 12.8. The van der Waals surface area contributed by atoms with Crippen LogP contribution >= 0.6 is 0 Å². The number of aryl methyl sites for hydroxylation is 2. The maximum atomic E-state index is 15.6. The van der Waals surface area contributed by atoms with E-state index < -0.39 is 28.0 Å². The number of ether oxygens (including phenoxy) is 2. The van der Waals surface area contributed by atoms with E-state index in [1.807, 2.05) is 23.7 Å². The van der Waals surface area contributed by atoms with E-state index in [9.17, 15) is 13.2 Å². The Kier molecular flexibility index (Phi) is 7.82. The second kappa shape index (κ2) is 11.6. The molecule has 0 radical (unpaired) electrons. The Morgan fingerprint density at radius 1 is 1.07 bits per heavy atom. The molecule has 3 aliphatic heterocycles. The average Bonchev–Trinajstić information content (AvgIpc) is 3.38. The first-order valence-electron chi connectivity index (χ1n) is 14.4. The summed E-state index contributed by atoms with van der Waals surface area (Å²) >= 11 is 0. The molecule has 1 aromatic heterocycles. The second-order valence-corrected chi connectivity index (χ2v) is 12.5. The smallest absolute Gasteiger partial charge is 0.385 e. The van der Waals surface area contributed by atoms with Gasteiger partial charge in [-0.25, -0.2) is 9.07 Å². The van der Waals surface area contributed by atoms with E-state index in [4.69, 9.17) is 13.7 Å². The van der Waals surface area contributed by atoms with Gasteiger partial charge < -0.3 is 13.7 Å². The highest BCUT2D eigenvalue weighted by Gasteiger charge is 2.33. The highest BCUT2D eigenvalue weighted by Crippen LogP contribution is 2.37. The Balaban J connectivity index is 1.49. The first-order chi connectivity index (χ1) is 20.6. The van der Waals surface area contributed by atoms with E-state index in [0.717, 1.165) is 29.5 Å². The molecule has 9 bridgehead atoms. The highest BCUT2D eigenvalue weighted by molar-refractivity contribution is 7.84. The molecule has 4 heterocycles. The molecule has 7 rings (SSSR count). The van der Waals surface area contributed by atoms with Gasteiger partial charge in [0, 0.05) is 31.1 Å². The fraction of sp³-hybridized carbons (Fsp3) is 0.387. The molecule has 12 heteroatoms. The predicted molar refractivity (Wildman–Crippen MR) is 156 cm³/mol. The first kappa shape index (κ1) is 29.1. The third kappa shape index (κ3) is 5.68. The van der Waals surface area contributed by atoms with Gasteiger partial charge in [0.15, 0.2) is 0 Å². The third-order valence-electron chi connectivity index (χ3n) is 8.18. The van der Waals surface area contributed by atoms with Crippen molar-refractivity contribution in [3.8, 4) is 11.5 Å². The van der Waals surface area contributed by atoms with Gasteiger partial charge in [-0.3, -0.25) is 4.79 Å². The molecule has 0 N–H and O–H groups in total. The number of hydrogen-bond acceptors (Lipinski definition) is 8. The van der Waals surface area contributed by atoms with E-state index in [-0.39, 0.29) is 31.9 Å². The van der Waals surface area contributed by atoms with Crippen molar-refractivity contribution in [1.29, 1.82) is 0 Å². The molecule has 2 atom stereocenters. The van der Waals surface area contributed by atoms with Crippen LogP contribution < -0.4 is 8.92 Å². The summed E-state index contributed by atoms with van der Waals surface area (Å²) < 4.78 is 61.6. The highest BCUT2D eigenvalue weighted by atomic mass is 32.2. The number of rotatable bonds is 3. The van der Waals surface area contributed by atoms with Crippen LogP contribution in [0.15, 0.2) is 42.5 Å². The van der Waals surface area contributed by atoms with Crippen molar-refractivity contribution in [2.24, 2.45) is 0 Å². The summed E-state index contributed by atoms with van der Waals surface area (Å²) in [6.07, 6.45) is 1.54. The SMILES string of the molecule is CCOC(=O)CC1c2cc(F)c(C)c(c2)CN2Cc3cc(ccc3OS2(=O)=O)OCCCCn2nnc3c(C)c1ccc32. The van der Waals surface area contributed by atoms with Crippen molar-refractivity contribution in [2.45, 2.75) is 65.6 Å². The average molecular weight is 609 g/mol. The zero-order valence-electron chi connectivity index (χ0n) is 24.3. The lowest BCUT2D eigenvalue weighted by Crippen LogP contribution is -2.37. The van der Waals surface area contributed by atoms with E-state index in [1.165, 1.54) is 10.4 Å². The van der Waals surface area contributed by atoms with Crippen molar-refractivity contribution in [3.63, 3.8) is 0 Å². The topological polar surface area (TPSA) is 113 Å². The maximum Gasteiger partial charge on any atom is 0.385 e. The Bertz CT molecular complexity index is 1820. The van der Waals surface area contributed by atoms with Crippen LogP contribution in [-0.2, 0) is 39.5 Å². The van der Waals surface area contributed by atoms with Crippen LogP contribution in [0.2, 0.25) is 0 Å². The molecule has 4 aromatic rings. The minimum atomic E-state index is -4.15. The fourth-order valence-electron chi connectivity index (χ4n) is 5.81. The van der Waals surface area contributed by atoms with Crippen LogP contribution in [0.3, 0.4) is 0 Å². The van der Waals surface area contributed by atoms with Gasteiger partial charge >= 0.3 is 16.3 Å². The number of esters is 1. The molecular weight excluding hydrogens is 575 g/mol. The second-order valence-electron chi connectivity index (χ2n) is 10.9. The van der Waals surface area contributed by atoms with Gasteiger partial charge in [0.25, 0.3) is 0 Å². The number of halogens is 1. The van der Waals surface area contributed by atoms with Gasteiger partial charge in [-0.2, -0.15) is 12.7 Å². The molecule has 0 saturated heterocycles. The monoisotopic (exact) mass is 608 g/mol. The Labute approximate surface area is 249 Å². The lowest BCUT2D eigenvalue weighted by Gasteiger charge is -2.29. The Morgan fingerprint density at radius 3 is 2.70 bits per heavy atom. The minimum absolute atomic E-state index is 0.0302. The molecule has 0 saturated carbocycles. The Hall–Kier alpha value is -4.03. The summed E-state index contributed by atoms with van der Waals surface area (Å²) in [5.74, 6) is -0.640. The number of aromatic nitrogens is 3. The molecule has 0 spiro atoms. The first-order valence-corrected chi connectivity index (χ1v) is 15.7. The fourth-order valence-corrected chi connectivity index (χ4v) is 6.90. The molecular formula is C31H33FN4O6S. The standard InChI is InChI=1S/C31H33FN4O6S/c1-4-40-30(37)16-26-21-13-22(19(2)27(32)15-21)17-35-18-23-14-24(7-10-29(23)42-43(35,38)39)41-12-6-5-11-36-28-9-8-25(26)20(3)31(28)33-34-36/h7-10,13-15,26H,4-6,11-12,16-18H2,1-3H3. The molecule has 0 fully saturated rings.